The van der Waals surface area contributed by atoms with Gasteiger partial charge >= 0.3 is 5.97 Å². The summed E-state index contributed by atoms with van der Waals surface area (Å²) in [7, 11) is 0. The van der Waals surface area contributed by atoms with E-state index in [2.05, 4.69) is 4.98 Å². The van der Waals surface area contributed by atoms with Crippen LogP contribution in [0.5, 0.6) is 0 Å². The van der Waals surface area contributed by atoms with Crippen LogP contribution < -0.4 is 0 Å². The van der Waals surface area contributed by atoms with Crippen molar-refractivity contribution in [2.75, 3.05) is 0 Å². The van der Waals surface area contributed by atoms with Crippen LogP contribution in [-0.2, 0) is 0 Å². The maximum atomic E-state index is 10.8. The van der Waals surface area contributed by atoms with Crippen LogP contribution in [-0.4, -0.2) is 39.3 Å². The Balaban J connectivity index is 0.000000980. The van der Waals surface area contributed by atoms with Gasteiger partial charge in [-0.1, -0.05) is 6.07 Å². The van der Waals surface area contributed by atoms with Gasteiger partial charge in [0.1, 0.15) is 5.65 Å². The van der Waals surface area contributed by atoms with Gasteiger partial charge in [-0.2, -0.15) is 0 Å². The quantitative estimate of drug-likeness (QED) is 0.670. The van der Waals surface area contributed by atoms with Crippen LogP contribution >= 0.6 is 0 Å². The number of imidazole rings is 1. The van der Waals surface area contributed by atoms with Gasteiger partial charge in [-0.05, 0) is 19.1 Å². The van der Waals surface area contributed by atoms with Crippen LogP contribution in [0.15, 0.2) is 24.4 Å². The summed E-state index contributed by atoms with van der Waals surface area (Å²) in [5, 5.41) is 8.84. The molecule has 4 nitrogen and oxygen atoms in total. The summed E-state index contributed by atoms with van der Waals surface area (Å²) in [6, 6.07) is 5.48. The van der Waals surface area contributed by atoms with Gasteiger partial charge in [0, 0.05) is 24.6 Å². The molecule has 0 unspecified atom stereocenters. The third-order valence-electron chi connectivity index (χ3n) is 1.94. The van der Waals surface area contributed by atoms with Gasteiger partial charge in [-0.15, -0.1) is 0 Å². The summed E-state index contributed by atoms with van der Waals surface area (Å²) in [5.74, 6) is -0.957. The fourth-order valence-corrected chi connectivity index (χ4v) is 1.35. The first kappa shape index (κ1) is 10.8. The molecular formula is C9H8LiN2O2. The van der Waals surface area contributed by atoms with Gasteiger partial charge in [0.15, 0.2) is 5.69 Å². The van der Waals surface area contributed by atoms with Gasteiger partial charge in [0.05, 0.1) is 6.20 Å². The van der Waals surface area contributed by atoms with Crippen molar-refractivity contribution in [3.63, 3.8) is 0 Å². The van der Waals surface area contributed by atoms with E-state index in [0.29, 0.717) is 5.65 Å². The van der Waals surface area contributed by atoms with Crippen molar-refractivity contribution in [2.24, 2.45) is 0 Å². The summed E-state index contributed by atoms with van der Waals surface area (Å²) in [4.78, 5) is 14.8. The number of fused-ring (bicyclic) bond motifs is 1. The summed E-state index contributed by atoms with van der Waals surface area (Å²) in [6.45, 7) is 1.85. The molecular weight excluding hydrogens is 175 g/mol. The monoisotopic (exact) mass is 183 g/mol. The predicted molar refractivity (Wildman–Crippen MR) is 52.6 cm³/mol. The first-order valence-electron chi connectivity index (χ1n) is 3.86. The number of nitrogens with zero attached hydrogens (tertiary/aromatic N) is 2. The van der Waals surface area contributed by atoms with Crippen LogP contribution in [0, 0.1) is 6.92 Å². The Morgan fingerprint density at radius 1 is 1.50 bits per heavy atom. The van der Waals surface area contributed by atoms with E-state index in [4.69, 9.17) is 5.11 Å². The van der Waals surface area contributed by atoms with Gasteiger partial charge in [-0.25, -0.2) is 9.78 Å². The number of carboxylic acid groups (broad SMARTS) is 1. The van der Waals surface area contributed by atoms with Crippen molar-refractivity contribution in [2.45, 2.75) is 6.92 Å². The van der Waals surface area contributed by atoms with Gasteiger partial charge in [0.2, 0.25) is 0 Å². The third kappa shape index (κ3) is 1.54. The Kier molecular flexibility index (Phi) is 2.99. The van der Waals surface area contributed by atoms with E-state index in [1.165, 1.54) is 6.20 Å². The SMILES string of the molecule is Cc1cccc2ncc(C(=O)O)n12.[Li]. The molecule has 67 valence electrons. The molecule has 1 N–H and O–H groups in total. The molecule has 0 fully saturated rings. The molecule has 0 saturated carbocycles. The molecule has 2 aromatic rings. The second-order valence-corrected chi connectivity index (χ2v) is 2.81. The van der Waals surface area contributed by atoms with Crippen LogP contribution in [0.1, 0.15) is 16.2 Å². The number of hydrogen-bond donors (Lipinski definition) is 1. The molecule has 0 atom stereocenters. The second-order valence-electron chi connectivity index (χ2n) is 2.81. The van der Waals surface area contributed by atoms with Crippen molar-refractivity contribution in [3.05, 3.63) is 35.8 Å². The molecule has 0 aliphatic rings. The Morgan fingerprint density at radius 2 is 2.21 bits per heavy atom. The number of carbonyl (C=O) groups is 1. The first-order valence-corrected chi connectivity index (χ1v) is 3.86. The Morgan fingerprint density at radius 3 is 2.86 bits per heavy atom. The zero-order chi connectivity index (χ0) is 9.42. The fraction of sp³-hybridized carbons (Fsp3) is 0.111. The van der Waals surface area contributed by atoms with Crippen molar-refractivity contribution in [1.29, 1.82) is 0 Å². The maximum absolute atomic E-state index is 10.8. The molecule has 0 aromatic carbocycles. The smallest absolute Gasteiger partial charge is 0.354 e. The Hall–Kier alpha value is -1.24. The third-order valence-corrected chi connectivity index (χ3v) is 1.94. The normalized spacial score (nSPS) is 9.79. The van der Waals surface area contributed by atoms with E-state index < -0.39 is 5.97 Å². The summed E-state index contributed by atoms with van der Waals surface area (Å²) < 4.78 is 1.61. The van der Waals surface area contributed by atoms with Gasteiger partial charge < -0.3 is 5.11 Å². The summed E-state index contributed by atoms with van der Waals surface area (Å²) >= 11 is 0. The zero-order valence-corrected chi connectivity index (χ0v) is 8.06. The Labute approximate surface area is 92.8 Å². The minimum absolute atomic E-state index is 0. The number of carboxylic acids is 1. The second kappa shape index (κ2) is 3.87. The van der Waals surface area contributed by atoms with Crippen molar-refractivity contribution in [1.82, 2.24) is 9.38 Å². The minimum atomic E-state index is -0.957. The molecule has 2 rings (SSSR count). The fourth-order valence-electron chi connectivity index (χ4n) is 1.35. The van der Waals surface area contributed by atoms with Gasteiger partial charge in [-0.3, -0.25) is 4.40 Å². The molecule has 0 aliphatic heterocycles. The topological polar surface area (TPSA) is 54.6 Å². The van der Waals surface area contributed by atoms with E-state index in [-0.39, 0.29) is 24.6 Å². The van der Waals surface area contributed by atoms with E-state index in [9.17, 15) is 4.79 Å². The summed E-state index contributed by atoms with van der Waals surface area (Å²) in [6.07, 6.45) is 1.37. The number of hydrogen-bond acceptors (Lipinski definition) is 2. The molecule has 5 heteroatoms. The maximum Gasteiger partial charge on any atom is 0.354 e. The minimum Gasteiger partial charge on any atom is -0.477 e. The zero-order valence-electron chi connectivity index (χ0n) is 8.06. The van der Waals surface area contributed by atoms with E-state index in [0.717, 1.165) is 5.69 Å². The van der Waals surface area contributed by atoms with Crippen molar-refractivity contribution in [3.8, 4) is 0 Å². The van der Waals surface area contributed by atoms with Crippen LogP contribution in [0.3, 0.4) is 0 Å². The first-order chi connectivity index (χ1) is 6.20. The molecule has 0 amide bonds. The number of pyridine rings is 1. The van der Waals surface area contributed by atoms with E-state index in [1.54, 1.807) is 10.5 Å². The van der Waals surface area contributed by atoms with Crippen LogP contribution in [0.4, 0.5) is 0 Å². The standard InChI is InChI=1S/C9H8N2O2.Li/c1-6-3-2-4-8-10-5-7(9(12)13)11(6)8;/h2-5H,1H3,(H,12,13);. The van der Waals surface area contributed by atoms with Crippen molar-refractivity contribution < 1.29 is 9.90 Å². The molecule has 0 spiro atoms. The molecule has 0 saturated heterocycles. The van der Waals surface area contributed by atoms with E-state index >= 15 is 0 Å². The van der Waals surface area contributed by atoms with Crippen LogP contribution in [0.25, 0.3) is 5.65 Å². The molecule has 14 heavy (non-hydrogen) atoms. The number of aromatic carboxylic acids is 1. The van der Waals surface area contributed by atoms with E-state index in [1.807, 2.05) is 19.1 Å². The average molecular weight is 183 g/mol. The molecule has 2 aromatic heterocycles. The number of rotatable bonds is 1. The average Bonchev–Trinajstić information content (AvgIpc) is 2.49. The van der Waals surface area contributed by atoms with Crippen LogP contribution in [0.2, 0.25) is 0 Å². The molecule has 0 bridgehead atoms. The summed E-state index contributed by atoms with van der Waals surface area (Å²) in [5.41, 5.74) is 1.73. The molecule has 0 aliphatic carbocycles. The number of aryl methyl sites for hydroxylation is 1. The predicted octanol–water partition coefficient (Wildman–Crippen LogP) is 0.960. The Bertz CT molecular complexity index is 479. The van der Waals surface area contributed by atoms with Crippen molar-refractivity contribution >= 4 is 30.5 Å². The number of aromatic nitrogens is 2. The van der Waals surface area contributed by atoms with Gasteiger partial charge in [0.25, 0.3) is 0 Å². The molecule has 1 radical (unpaired) electrons. The largest absolute Gasteiger partial charge is 0.477 e. The molecule has 2 heterocycles.